The largest absolute Gasteiger partial charge is 0.309 e. The number of aromatic nitrogens is 4. The summed E-state index contributed by atoms with van der Waals surface area (Å²) in [7, 11) is 0. The molecule has 0 aliphatic carbocycles. The van der Waals surface area contributed by atoms with Gasteiger partial charge in [0.05, 0.1) is 33.5 Å². The summed E-state index contributed by atoms with van der Waals surface area (Å²) in [6.07, 6.45) is 0. The van der Waals surface area contributed by atoms with E-state index in [1.54, 1.807) is 0 Å². The second kappa shape index (κ2) is 13.1. The third kappa shape index (κ3) is 5.23. The van der Waals surface area contributed by atoms with Crippen LogP contribution in [0.4, 0.5) is 0 Å². The quantitative estimate of drug-likeness (QED) is 0.172. The molecule has 3 heterocycles. The van der Waals surface area contributed by atoms with Crippen molar-refractivity contribution >= 4 is 43.6 Å². The van der Waals surface area contributed by atoms with Gasteiger partial charge in [-0.25, -0.2) is 9.97 Å². The highest BCUT2D eigenvalue weighted by molar-refractivity contribution is 6.28. The van der Waals surface area contributed by atoms with Crippen molar-refractivity contribution in [1.29, 1.82) is 0 Å². The average Bonchev–Trinajstić information content (AvgIpc) is 3.80. The minimum Gasteiger partial charge on any atom is -0.309 e. The molecule has 4 nitrogen and oxygen atoms in total. The van der Waals surface area contributed by atoms with Gasteiger partial charge in [-0.15, -0.1) is 0 Å². The van der Waals surface area contributed by atoms with Gasteiger partial charge in [-0.3, -0.25) is 4.57 Å². The summed E-state index contributed by atoms with van der Waals surface area (Å²) in [5.41, 5.74) is 14.1. The molecule has 3 aromatic heterocycles. The van der Waals surface area contributed by atoms with Gasteiger partial charge in [-0.2, -0.15) is 0 Å². The summed E-state index contributed by atoms with van der Waals surface area (Å²) in [6, 6.07) is 73.1. The van der Waals surface area contributed by atoms with Gasteiger partial charge < -0.3 is 4.57 Å². The molecular weight excluding hydrogens is 681 g/mol. The number of nitrogens with zero attached hydrogens (tertiary/aromatic N) is 4. The molecule has 0 radical (unpaired) electrons. The van der Waals surface area contributed by atoms with Crippen LogP contribution in [0.15, 0.2) is 206 Å². The number of para-hydroxylation sites is 3. The van der Waals surface area contributed by atoms with E-state index < -0.39 is 0 Å². The van der Waals surface area contributed by atoms with E-state index in [1.807, 2.05) is 0 Å². The Hall–Kier alpha value is -7.56. The standard InChI is InChI=1S/C52H34N4/c1-4-15-35(16-5-1)37-27-29-38(30-28-37)44-34-45(40-20-14-19-39(33-40)36-17-6-2-7-18-36)54-52(53-44)56-47-26-13-11-24-43(47)51-49(56)32-31-48-50(51)42-23-10-12-25-46(42)55(48)41-21-8-3-9-22-41/h1-34H. The molecule has 56 heavy (non-hydrogen) atoms. The van der Waals surface area contributed by atoms with Gasteiger partial charge in [0.15, 0.2) is 0 Å². The van der Waals surface area contributed by atoms with E-state index >= 15 is 0 Å². The number of hydrogen-bond acceptors (Lipinski definition) is 2. The highest BCUT2D eigenvalue weighted by atomic mass is 15.2. The molecule has 0 N–H and O–H groups in total. The smallest absolute Gasteiger partial charge is 0.235 e. The van der Waals surface area contributed by atoms with Gasteiger partial charge in [0.1, 0.15) is 0 Å². The molecule has 4 heteroatoms. The van der Waals surface area contributed by atoms with Crippen LogP contribution >= 0.6 is 0 Å². The molecule has 0 aliphatic heterocycles. The molecule has 8 aromatic carbocycles. The number of benzene rings is 8. The van der Waals surface area contributed by atoms with Crippen LogP contribution in [0.25, 0.3) is 100 Å². The Morgan fingerprint density at radius 3 is 1.38 bits per heavy atom. The van der Waals surface area contributed by atoms with Crippen molar-refractivity contribution in [2.24, 2.45) is 0 Å². The van der Waals surface area contributed by atoms with Crippen molar-refractivity contribution < 1.29 is 0 Å². The predicted molar refractivity (Wildman–Crippen MR) is 232 cm³/mol. The third-order valence-electron chi connectivity index (χ3n) is 11.0. The predicted octanol–water partition coefficient (Wildman–Crippen LogP) is 13.3. The number of fused-ring (bicyclic) bond motifs is 7. The fraction of sp³-hybridized carbons (Fsp3) is 0. The Morgan fingerprint density at radius 1 is 0.286 bits per heavy atom. The highest BCUT2D eigenvalue weighted by Gasteiger charge is 2.22. The van der Waals surface area contributed by atoms with Crippen molar-refractivity contribution in [2.45, 2.75) is 0 Å². The summed E-state index contributed by atoms with van der Waals surface area (Å²) in [5.74, 6) is 0.632. The van der Waals surface area contributed by atoms with Crippen molar-refractivity contribution in [3.8, 4) is 56.4 Å². The zero-order chi connectivity index (χ0) is 37.0. The van der Waals surface area contributed by atoms with Crippen LogP contribution in [0.2, 0.25) is 0 Å². The van der Waals surface area contributed by atoms with Gasteiger partial charge in [-0.1, -0.05) is 158 Å². The van der Waals surface area contributed by atoms with Crippen molar-refractivity contribution in [2.75, 3.05) is 0 Å². The van der Waals surface area contributed by atoms with Crippen LogP contribution in [0.5, 0.6) is 0 Å². The molecule has 11 aromatic rings. The van der Waals surface area contributed by atoms with E-state index in [0.717, 1.165) is 50.2 Å². The van der Waals surface area contributed by atoms with E-state index in [9.17, 15) is 0 Å². The lowest BCUT2D eigenvalue weighted by Crippen LogP contribution is -2.04. The topological polar surface area (TPSA) is 35.6 Å². The van der Waals surface area contributed by atoms with Crippen LogP contribution in [0, 0.1) is 0 Å². The van der Waals surface area contributed by atoms with Gasteiger partial charge in [0, 0.05) is 38.4 Å². The van der Waals surface area contributed by atoms with Crippen molar-refractivity contribution in [3.05, 3.63) is 206 Å². The van der Waals surface area contributed by atoms with Gasteiger partial charge in [0.2, 0.25) is 5.95 Å². The van der Waals surface area contributed by atoms with Gasteiger partial charge >= 0.3 is 0 Å². The maximum absolute atomic E-state index is 5.41. The highest BCUT2D eigenvalue weighted by Crippen LogP contribution is 2.42. The Balaban J connectivity index is 1.18. The van der Waals surface area contributed by atoms with Gasteiger partial charge in [0.25, 0.3) is 0 Å². The first-order chi connectivity index (χ1) is 27.8. The fourth-order valence-corrected chi connectivity index (χ4v) is 8.37. The second-order valence-electron chi connectivity index (χ2n) is 14.2. The van der Waals surface area contributed by atoms with E-state index in [-0.39, 0.29) is 0 Å². The maximum Gasteiger partial charge on any atom is 0.235 e. The molecular formula is C52H34N4. The molecule has 0 atom stereocenters. The zero-order valence-electron chi connectivity index (χ0n) is 30.4. The molecule has 0 saturated heterocycles. The summed E-state index contributed by atoms with van der Waals surface area (Å²) in [4.78, 5) is 10.8. The lowest BCUT2D eigenvalue weighted by molar-refractivity contribution is 0.996. The molecule has 0 saturated carbocycles. The first kappa shape index (κ1) is 31.9. The summed E-state index contributed by atoms with van der Waals surface area (Å²) in [6.45, 7) is 0. The zero-order valence-corrected chi connectivity index (χ0v) is 30.4. The third-order valence-corrected chi connectivity index (χ3v) is 11.0. The Bertz CT molecular complexity index is 3220. The normalized spacial score (nSPS) is 11.6. The van der Waals surface area contributed by atoms with Crippen LogP contribution < -0.4 is 0 Å². The summed E-state index contributed by atoms with van der Waals surface area (Å²) in [5, 5.41) is 4.79. The second-order valence-corrected chi connectivity index (χ2v) is 14.2. The van der Waals surface area contributed by atoms with Crippen LogP contribution in [-0.4, -0.2) is 19.1 Å². The minimum absolute atomic E-state index is 0.632. The van der Waals surface area contributed by atoms with Crippen molar-refractivity contribution in [3.63, 3.8) is 0 Å². The Kier molecular flexibility index (Phi) is 7.46. The van der Waals surface area contributed by atoms with Crippen LogP contribution in [0.1, 0.15) is 0 Å². The fourth-order valence-electron chi connectivity index (χ4n) is 8.37. The summed E-state index contributed by atoms with van der Waals surface area (Å²) < 4.78 is 4.63. The molecule has 0 spiro atoms. The molecule has 0 bridgehead atoms. The van der Waals surface area contributed by atoms with Crippen LogP contribution in [0.3, 0.4) is 0 Å². The molecule has 262 valence electrons. The minimum atomic E-state index is 0.632. The molecule has 0 unspecified atom stereocenters. The first-order valence-corrected chi connectivity index (χ1v) is 19.0. The molecule has 11 rings (SSSR count). The number of rotatable bonds is 6. The van der Waals surface area contributed by atoms with Crippen molar-refractivity contribution in [1.82, 2.24) is 19.1 Å². The molecule has 0 fully saturated rings. The van der Waals surface area contributed by atoms with Crippen LogP contribution in [-0.2, 0) is 0 Å². The van der Waals surface area contributed by atoms with E-state index in [4.69, 9.17) is 9.97 Å². The average molecular weight is 715 g/mol. The van der Waals surface area contributed by atoms with E-state index in [0.29, 0.717) is 5.95 Å². The van der Waals surface area contributed by atoms with E-state index in [1.165, 1.54) is 43.9 Å². The molecule has 0 amide bonds. The Labute approximate surface area is 324 Å². The molecule has 0 aliphatic rings. The monoisotopic (exact) mass is 714 g/mol. The Morgan fingerprint density at radius 2 is 0.732 bits per heavy atom. The maximum atomic E-state index is 5.41. The number of hydrogen-bond donors (Lipinski definition) is 0. The first-order valence-electron chi connectivity index (χ1n) is 19.0. The lowest BCUT2D eigenvalue weighted by Gasteiger charge is -2.13. The summed E-state index contributed by atoms with van der Waals surface area (Å²) >= 11 is 0. The van der Waals surface area contributed by atoms with E-state index in [2.05, 4.69) is 215 Å². The SMILES string of the molecule is c1ccc(-c2ccc(-c3cc(-c4cccc(-c5ccccc5)c4)nc(-n4c5ccccc5c5c6c7ccccc7n(-c7ccccc7)c6ccc54)n3)cc2)cc1. The van der Waals surface area contributed by atoms with Gasteiger partial charge in [-0.05, 0) is 70.8 Å². The lowest BCUT2D eigenvalue weighted by atomic mass is 10.00.